The number of halogens is 3. The molecular weight excluding hydrogens is 415 g/mol. The van der Waals surface area contributed by atoms with Gasteiger partial charge in [-0.15, -0.1) is 0 Å². The van der Waals surface area contributed by atoms with Crippen LogP contribution in [0, 0.1) is 5.92 Å². The number of hydrogen-bond donors (Lipinski definition) is 0. The van der Waals surface area contributed by atoms with Gasteiger partial charge in [0.15, 0.2) is 0 Å². The van der Waals surface area contributed by atoms with Crippen molar-refractivity contribution in [3.63, 3.8) is 0 Å². The minimum Gasteiger partial charge on any atom is -0.473 e. The highest BCUT2D eigenvalue weighted by Gasteiger charge is 2.46. The minimum absolute atomic E-state index is 0.128. The summed E-state index contributed by atoms with van der Waals surface area (Å²) in [5.41, 5.74) is 3.48. The van der Waals surface area contributed by atoms with Crippen LogP contribution in [0.5, 0.6) is 5.88 Å². The van der Waals surface area contributed by atoms with E-state index in [1.807, 2.05) is 30.5 Å². The van der Waals surface area contributed by atoms with Crippen molar-refractivity contribution in [2.75, 3.05) is 0 Å². The van der Waals surface area contributed by atoms with Gasteiger partial charge in [-0.3, -0.25) is 0 Å². The predicted octanol–water partition coefficient (Wildman–Crippen LogP) is 6.13. The number of ether oxygens (including phenoxy) is 2. The number of pyridine rings is 1. The zero-order valence-corrected chi connectivity index (χ0v) is 17.6. The van der Waals surface area contributed by atoms with Crippen LogP contribution in [0.3, 0.4) is 0 Å². The first-order valence-electron chi connectivity index (χ1n) is 10.9. The fourth-order valence-electron chi connectivity index (χ4n) is 5.32. The monoisotopic (exact) mass is 437 g/mol. The van der Waals surface area contributed by atoms with E-state index in [1.54, 1.807) is 13.0 Å². The second kappa shape index (κ2) is 6.82. The highest BCUT2D eigenvalue weighted by atomic mass is 19.4. The van der Waals surface area contributed by atoms with E-state index < -0.39 is 17.3 Å². The number of benzene rings is 2. The fourth-order valence-corrected chi connectivity index (χ4v) is 5.32. The van der Waals surface area contributed by atoms with Gasteiger partial charge in [0.1, 0.15) is 12.2 Å². The molecule has 3 atom stereocenters. The Morgan fingerprint density at radius 2 is 1.94 bits per heavy atom. The molecule has 1 saturated carbocycles. The standard InChI is InChI=1S/C26H22F3NO2/c1-25(21-4-2-3-5-22(21)26(27,28)29)23-8-15(6-7-16(23)14-32-25)13-31-24-11-18-9-17-10-19(17)20(18)12-30-24/h2-8,11-12,17,19H,9-10,13-14H2,1H3. The van der Waals surface area contributed by atoms with Gasteiger partial charge in [0, 0.05) is 17.8 Å². The van der Waals surface area contributed by atoms with Crippen LogP contribution in [0.25, 0.3) is 0 Å². The average Bonchev–Trinajstić information content (AvgIpc) is 3.33. The van der Waals surface area contributed by atoms with Gasteiger partial charge < -0.3 is 9.47 Å². The van der Waals surface area contributed by atoms with E-state index in [2.05, 4.69) is 4.98 Å². The summed E-state index contributed by atoms with van der Waals surface area (Å²) in [5.74, 6) is 2.07. The van der Waals surface area contributed by atoms with E-state index in [9.17, 15) is 13.2 Å². The molecule has 0 radical (unpaired) electrons. The van der Waals surface area contributed by atoms with E-state index in [1.165, 1.54) is 29.7 Å². The Kier molecular flexibility index (Phi) is 4.22. The third kappa shape index (κ3) is 3.12. The average molecular weight is 437 g/mol. The molecule has 2 heterocycles. The molecule has 1 aliphatic heterocycles. The molecular formula is C26H22F3NO2. The Morgan fingerprint density at radius 3 is 2.78 bits per heavy atom. The van der Waals surface area contributed by atoms with Gasteiger partial charge in [-0.1, -0.05) is 30.3 Å². The first-order valence-corrected chi connectivity index (χ1v) is 10.9. The Balaban J connectivity index is 1.28. The van der Waals surface area contributed by atoms with Crippen molar-refractivity contribution in [2.24, 2.45) is 5.92 Å². The zero-order valence-electron chi connectivity index (χ0n) is 17.6. The topological polar surface area (TPSA) is 31.4 Å². The number of aromatic nitrogens is 1. The molecule has 1 aromatic heterocycles. The number of hydrogen-bond acceptors (Lipinski definition) is 3. The molecule has 164 valence electrons. The maximum atomic E-state index is 13.7. The first kappa shape index (κ1) is 19.8. The summed E-state index contributed by atoms with van der Waals surface area (Å²) in [4.78, 5) is 4.46. The molecule has 3 aromatic rings. The van der Waals surface area contributed by atoms with Crippen LogP contribution in [0.2, 0.25) is 0 Å². The van der Waals surface area contributed by atoms with E-state index in [-0.39, 0.29) is 12.2 Å². The predicted molar refractivity (Wildman–Crippen MR) is 112 cm³/mol. The van der Waals surface area contributed by atoms with Gasteiger partial charge in [-0.25, -0.2) is 4.98 Å². The molecule has 2 aliphatic carbocycles. The van der Waals surface area contributed by atoms with Crippen LogP contribution in [0.15, 0.2) is 54.7 Å². The second-order valence-electron chi connectivity index (χ2n) is 9.17. The summed E-state index contributed by atoms with van der Waals surface area (Å²) in [6.45, 7) is 2.28. The molecule has 3 aliphatic rings. The largest absolute Gasteiger partial charge is 0.473 e. The van der Waals surface area contributed by atoms with Gasteiger partial charge in [0.25, 0.3) is 0 Å². The number of alkyl halides is 3. The lowest BCUT2D eigenvalue weighted by Gasteiger charge is -2.29. The lowest BCUT2D eigenvalue weighted by Crippen LogP contribution is -2.26. The normalized spacial score (nSPS) is 25.2. The van der Waals surface area contributed by atoms with Crippen LogP contribution >= 0.6 is 0 Å². The lowest BCUT2D eigenvalue weighted by atomic mass is 9.83. The molecule has 0 spiro atoms. The van der Waals surface area contributed by atoms with Gasteiger partial charge in [0.05, 0.1) is 12.2 Å². The molecule has 0 saturated heterocycles. The van der Waals surface area contributed by atoms with Crippen molar-refractivity contribution in [3.05, 3.63) is 93.7 Å². The van der Waals surface area contributed by atoms with Crippen LogP contribution in [-0.2, 0) is 36.1 Å². The van der Waals surface area contributed by atoms with Gasteiger partial charge in [-0.2, -0.15) is 13.2 Å². The second-order valence-corrected chi connectivity index (χ2v) is 9.17. The zero-order chi connectivity index (χ0) is 22.1. The third-order valence-corrected chi connectivity index (χ3v) is 7.14. The van der Waals surface area contributed by atoms with Crippen LogP contribution in [0.4, 0.5) is 13.2 Å². The minimum atomic E-state index is -4.45. The highest BCUT2D eigenvalue weighted by molar-refractivity contribution is 5.48. The van der Waals surface area contributed by atoms with Crippen molar-refractivity contribution in [1.29, 1.82) is 0 Å². The molecule has 0 amide bonds. The third-order valence-electron chi connectivity index (χ3n) is 7.14. The van der Waals surface area contributed by atoms with Crippen molar-refractivity contribution < 1.29 is 22.6 Å². The lowest BCUT2D eigenvalue weighted by molar-refractivity contribution is -0.140. The van der Waals surface area contributed by atoms with Crippen molar-refractivity contribution in [3.8, 4) is 5.88 Å². The number of nitrogens with zero attached hydrogens (tertiary/aromatic N) is 1. The van der Waals surface area contributed by atoms with E-state index in [4.69, 9.17) is 9.47 Å². The molecule has 6 rings (SSSR count). The number of fused-ring (bicyclic) bond motifs is 4. The Morgan fingerprint density at radius 1 is 1.09 bits per heavy atom. The Labute approximate surface area is 184 Å². The van der Waals surface area contributed by atoms with Crippen LogP contribution < -0.4 is 4.74 Å². The molecule has 32 heavy (non-hydrogen) atoms. The molecule has 6 heteroatoms. The van der Waals surface area contributed by atoms with E-state index >= 15 is 0 Å². The Hall–Kier alpha value is -2.86. The van der Waals surface area contributed by atoms with Crippen LogP contribution in [0.1, 0.15) is 58.2 Å². The van der Waals surface area contributed by atoms with Crippen LogP contribution in [-0.4, -0.2) is 4.98 Å². The quantitative estimate of drug-likeness (QED) is 0.492. The van der Waals surface area contributed by atoms with Gasteiger partial charge in [-0.05, 0) is 71.6 Å². The molecule has 3 nitrogen and oxygen atoms in total. The Bertz CT molecular complexity index is 1220. The smallest absolute Gasteiger partial charge is 0.416 e. The summed E-state index contributed by atoms with van der Waals surface area (Å²) < 4.78 is 52.9. The maximum Gasteiger partial charge on any atom is 0.416 e. The van der Waals surface area contributed by atoms with Gasteiger partial charge >= 0.3 is 6.18 Å². The maximum absolute atomic E-state index is 13.7. The van der Waals surface area contributed by atoms with Crippen molar-refractivity contribution >= 4 is 0 Å². The molecule has 1 fully saturated rings. The molecule has 2 aromatic carbocycles. The fraction of sp³-hybridized carbons (Fsp3) is 0.346. The summed E-state index contributed by atoms with van der Waals surface area (Å²) in [6, 6.07) is 13.4. The number of rotatable bonds is 4. The summed E-state index contributed by atoms with van der Waals surface area (Å²) in [5, 5.41) is 0. The molecule has 0 bridgehead atoms. The van der Waals surface area contributed by atoms with E-state index in [0.717, 1.165) is 35.1 Å². The summed E-state index contributed by atoms with van der Waals surface area (Å²) >= 11 is 0. The summed E-state index contributed by atoms with van der Waals surface area (Å²) in [6.07, 6.45) is -0.134. The molecule has 0 N–H and O–H groups in total. The van der Waals surface area contributed by atoms with Gasteiger partial charge in [0.2, 0.25) is 5.88 Å². The summed E-state index contributed by atoms with van der Waals surface area (Å²) in [7, 11) is 0. The van der Waals surface area contributed by atoms with Crippen molar-refractivity contribution in [2.45, 2.75) is 50.7 Å². The highest BCUT2D eigenvalue weighted by Crippen LogP contribution is 2.56. The van der Waals surface area contributed by atoms with E-state index in [0.29, 0.717) is 18.4 Å². The molecule has 3 unspecified atom stereocenters. The first-order chi connectivity index (χ1) is 15.3. The van der Waals surface area contributed by atoms with Crippen molar-refractivity contribution in [1.82, 2.24) is 4.98 Å². The SMILES string of the molecule is CC1(c2ccccc2C(F)(F)F)OCc2ccc(COc3cc4c(cn3)C3CC3C4)cc21.